The highest BCUT2D eigenvalue weighted by molar-refractivity contribution is 6.21. The number of fused-ring (bicyclic) bond motifs is 4. The van der Waals surface area contributed by atoms with Crippen molar-refractivity contribution in [3.63, 3.8) is 0 Å². The standard InChI is InChI=1S/C31H50ClN3O3/c1-18-10-12-23-24-13-11-21(16-26(24)31(37)25(23)14-18)33-34-29-22-7-3-2-6-19(22)15-20(30(29)36)17-38-35-28-9-5-4-8-27(28)32/h18-30,35-36H,2-17H2,1H3/t18?,19?,20?,21?,22?,23?,24-,25?,26?,27?,28?,29?,30?/m0/s1. The van der Waals surface area contributed by atoms with Crippen molar-refractivity contribution in [2.45, 2.75) is 133 Å². The van der Waals surface area contributed by atoms with Gasteiger partial charge in [0.15, 0.2) is 0 Å². The zero-order valence-corrected chi connectivity index (χ0v) is 24.1. The van der Waals surface area contributed by atoms with Crippen LogP contribution in [0.5, 0.6) is 0 Å². The van der Waals surface area contributed by atoms with Gasteiger partial charge in [-0.05, 0) is 87.4 Å². The van der Waals surface area contributed by atoms with Gasteiger partial charge in [0.25, 0.3) is 0 Å². The summed E-state index contributed by atoms with van der Waals surface area (Å²) in [7, 11) is 0. The van der Waals surface area contributed by atoms with Crippen LogP contribution in [0.2, 0.25) is 0 Å². The monoisotopic (exact) mass is 547 g/mol. The van der Waals surface area contributed by atoms with Crippen LogP contribution in [0.3, 0.4) is 0 Å². The van der Waals surface area contributed by atoms with Crippen LogP contribution in [0.1, 0.15) is 103 Å². The first kappa shape index (κ1) is 27.6. The second-order valence-corrected chi connectivity index (χ2v) is 14.6. The first-order valence-electron chi connectivity index (χ1n) is 16.1. The van der Waals surface area contributed by atoms with Crippen LogP contribution in [-0.4, -0.2) is 47.1 Å². The first-order chi connectivity index (χ1) is 18.5. The Morgan fingerprint density at radius 1 is 0.868 bits per heavy atom. The molecule has 38 heavy (non-hydrogen) atoms. The van der Waals surface area contributed by atoms with Crippen LogP contribution in [-0.2, 0) is 9.63 Å². The van der Waals surface area contributed by atoms with E-state index in [4.69, 9.17) is 26.7 Å². The van der Waals surface area contributed by atoms with Gasteiger partial charge in [0, 0.05) is 23.8 Å². The summed E-state index contributed by atoms with van der Waals surface area (Å²) >= 11 is 6.51. The second-order valence-electron chi connectivity index (χ2n) is 14.1. The highest BCUT2D eigenvalue weighted by Crippen LogP contribution is 2.53. The van der Waals surface area contributed by atoms with Crippen molar-refractivity contribution in [2.75, 3.05) is 6.61 Å². The lowest BCUT2D eigenvalue weighted by atomic mass is 9.64. The molecule has 0 saturated heterocycles. The lowest BCUT2D eigenvalue weighted by molar-refractivity contribution is -0.126. The van der Waals surface area contributed by atoms with Gasteiger partial charge in [-0.2, -0.15) is 15.7 Å². The van der Waals surface area contributed by atoms with Crippen molar-refractivity contribution < 1.29 is 14.7 Å². The second kappa shape index (κ2) is 12.1. The van der Waals surface area contributed by atoms with Gasteiger partial charge in [0.1, 0.15) is 11.8 Å². The Morgan fingerprint density at radius 3 is 2.45 bits per heavy atom. The van der Waals surface area contributed by atoms with Gasteiger partial charge in [-0.15, -0.1) is 11.6 Å². The third kappa shape index (κ3) is 5.63. The van der Waals surface area contributed by atoms with Crippen molar-refractivity contribution in [1.82, 2.24) is 5.48 Å². The van der Waals surface area contributed by atoms with E-state index in [1.54, 1.807) is 0 Å². The smallest absolute Gasteiger partial charge is 0.139 e. The highest BCUT2D eigenvalue weighted by Gasteiger charge is 2.53. The van der Waals surface area contributed by atoms with Crippen molar-refractivity contribution in [1.29, 1.82) is 0 Å². The summed E-state index contributed by atoms with van der Waals surface area (Å²) in [6, 6.07) is 0.195. The molecule has 0 bridgehead atoms. The molecule has 12 unspecified atom stereocenters. The average molecular weight is 548 g/mol. The fraction of sp³-hybridized carbons (Fsp3) is 0.968. The number of aliphatic hydroxyl groups is 1. The van der Waals surface area contributed by atoms with E-state index >= 15 is 0 Å². The Balaban J connectivity index is 1.08. The number of azo groups is 1. The number of aliphatic hydroxyl groups excluding tert-OH is 1. The number of carbonyl (C=O) groups excluding carboxylic acids is 1. The molecule has 0 aromatic heterocycles. The molecule has 7 heteroatoms. The fourth-order valence-electron chi connectivity index (χ4n) is 9.65. The summed E-state index contributed by atoms with van der Waals surface area (Å²) in [5, 5.41) is 21.5. The Bertz CT molecular complexity index is 856. The predicted molar refractivity (Wildman–Crippen MR) is 149 cm³/mol. The van der Waals surface area contributed by atoms with Gasteiger partial charge in [0.05, 0.1) is 24.1 Å². The number of carbonyl (C=O) groups is 1. The molecule has 6 aliphatic rings. The van der Waals surface area contributed by atoms with Crippen molar-refractivity contribution in [2.24, 2.45) is 57.6 Å². The molecule has 6 rings (SSSR count). The molecule has 0 aliphatic heterocycles. The summed E-state index contributed by atoms with van der Waals surface area (Å²) in [5.41, 5.74) is 3.23. The molecule has 0 aromatic rings. The molecule has 0 radical (unpaired) electrons. The Labute approximate surface area is 234 Å². The maximum Gasteiger partial charge on any atom is 0.139 e. The van der Waals surface area contributed by atoms with E-state index in [1.165, 1.54) is 44.9 Å². The number of hydroxylamine groups is 1. The molecule has 0 heterocycles. The molecule has 6 fully saturated rings. The number of Topliss-reactive ketones (excluding diaryl/α,β-unsaturated/α-hetero) is 1. The highest BCUT2D eigenvalue weighted by atomic mass is 35.5. The maximum atomic E-state index is 13.3. The van der Waals surface area contributed by atoms with E-state index in [0.29, 0.717) is 47.9 Å². The minimum Gasteiger partial charge on any atom is -0.390 e. The lowest BCUT2D eigenvalue weighted by Crippen LogP contribution is -2.50. The van der Waals surface area contributed by atoms with Gasteiger partial charge in [-0.25, -0.2) is 0 Å². The molecule has 214 valence electrons. The van der Waals surface area contributed by atoms with E-state index in [9.17, 15) is 9.90 Å². The number of nitrogens with zero attached hydrogens (tertiary/aromatic N) is 2. The third-order valence-electron chi connectivity index (χ3n) is 11.7. The molecule has 6 saturated carbocycles. The van der Waals surface area contributed by atoms with Gasteiger partial charge in [0.2, 0.25) is 0 Å². The summed E-state index contributed by atoms with van der Waals surface area (Å²) in [4.78, 5) is 19.3. The number of alkyl halides is 1. The van der Waals surface area contributed by atoms with E-state index in [-0.39, 0.29) is 35.3 Å². The molecule has 6 nitrogen and oxygen atoms in total. The topological polar surface area (TPSA) is 83.3 Å². The van der Waals surface area contributed by atoms with Crippen LogP contribution in [0.4, 0.5) is 0 Å². The third-order valence-corrected chi connectivity index (χ3v) is 12.3. The number of rotatable bonds is 6. The quantitative estimate of drug-likeness (QED) is 0.226. The Hall–Kier alpha value is -0.560. The molecular weight excluding hydrogens is 498 g/mol. The average Bonchev–Trinajstić information content (AvgIpc) is 3.20. The van der Waals surface area contributed by atoms with Crippen LogP contribution < -0.4 is 5.48 Å². The van der Waals surface area contributed by atoms with E-state index in [2.05, 4.69) is 12.4 Å². The minimum atomic E-state index is -0.521. The van der Waals surface area contributed by atoms with Gasteiger partial charge >= 0.3 is 0 Å². The van der Waals surface area contributed by atoms with Crippen LogP contribution in [0.15, 0.2) is 10.2 Å². The van der Waals surface area contributed by atoms with E-state index < -0.39 is 6.10 Å². The molecule has 0 amide bonds. The molecule has 0 aromatic carbocycles. The molecule has 13 atom stereocenters. The van der Waals surface area contributed by atoms with Crippen LogP contribution in [0.25, 0.3) is 0 Å². The molecular formula is C31H50ClN3O3. The van der Waals surface area contributed by atoms with E-state index in [0.717, 1.165) is 51.4 Å². The fourth-order valence-corrected chi connectivity index (χ4v) is 9.98. The van der Waals surface area contributed by atoms with Crippen LogP contribution >= 0.6 is 11.6 Å². The summed E-state index contributed by atoms with van der Waals surface area (Å²) < 4.78 is 0. The number of nitrogens with one attached hydrogen (secondary N) is 1. The Kier molecular flexibility index (Phi) is 8.81. The van der Waals surface area contributed by atoms with Gasteiger partial charge in [-0.1, -0.05) is 45.4 Å². The zero-order valence-electron chi connectivity index (χ0n) is 23.4. The SMILES string of the molecule is CC1CCC2C(C1)C(=O)C1CC(N=NC3C(O)C(CONC4CCCCC4Cl)CC4CCCCC43)CC[C@H]12. The Morgan fingerprint density at radius 2 is 1.61 bits per heavy atom. The number of hydrogen-bond acceptors (Lipinski definition) is 6. The van der Waals surface area contributed by atoms with Crippen molar-refractivity contribution in [3.05, 3.63) is 0 Å². The summed E-state index contributed by atoms with van der Waals surface area (Å²) in [5.74, 6) is 4.04. The van der Waals surface area contributed by atoms with Crippen molar-refractivity contribution in [3.8, 4) is 0 Å². The minimum absolute atomic E-state index is 0.0698. The first-order valence-corrected chi connectivity index (χ1v) is 16.6. The van der Waals surface area contributed by atoms with Gasteiger partial charge in [-0.3, -0.25) is 4.79 Å². The largest absolute Gasteiger partial charge is 0.390 e. The summed E-state index contributed by atoms with van der Waals surface area (Å²) in [6.45, 7) is 2.81. The zero-order chi connectivity index (χ0) is 26.2. The number of ketones is 1. The van der Waals surface area contributed by atoms with Crippen molar-refractivity contribution >= 4 is 17.4 Å². The summed E-state index contributed by atoms with van der Waals surface area (Å²) in [6.07, 6.45) is 16.5. The molecule has 0 spiro atoms. The van der Waals surface area contributed by atoms with Gasteiger partial charge < -0.3 is 9.94 Å². The number of hydrogen-bond donors (Lipinski definition) is 2. The molecule has 6 aliphatic carbocycles. The van der Waals surface area contributed by atoms with E-state index in [1.807, 2.05) is 0 Å². The maximum absolute atomic E-state index is 13.3. The molecule has 2 N–H and O–H groups in total. The van der Waals surface area contributed by atoms with Crippen LogP contribution in [0, 0.1) is 47.3 Å². The lowest BCUT2D eigenvalue weighted by Gasteiger charge is -2.45. The number of halogens is 1. The normalized spacial score (nSPS) is 49.4. The predicted octanol–water partition coefficient (Wildman–Crippen LogP) is 6.49.